The van der Waals surface area contributed by atoms with Gasteiger partial charge in [-0.1, -0.05) is 30.7 Å². The van der Waals surface area contributed by atoms with Crippen molar-refractivity contribution in [3.8, 4) is 0 Å². The van der Waals surface area contributed by atoms with E-state index in [1.54, 1.807) is 20.4 Å². The molecule has 0 bridgehead atoms. The van der Waals surface area contributed by atoms with Gasteiger partial charge in [0.05, 0.1) is 0 Å². The number of halogens is 1. The number of hydrogen-bond acceptors (Lipinski definition) is 4. The number of guanidine groups is 1. The zero-order chi connectivity index (χ0) is 20.4. The van der Waals surface area contributed by atoms with Gasteiger partial charge in [-0.3, -0.25) is 4.79 Å². The number of carbonyl (C=O) groups excluding carboxylic acids is 1. The van der Waals surface area contributed by atoms with E-state index in [1.807, 2.05) is 35.8 Å². The van der Waals surface area contributed by atoms with Crippen molar-refractivity contribution in [1.82, 2.24) is 30.3 Å². The van der Waals surface area contributed by atoms with Gasteiger partial charge >= 0.3 is 0 Å². The van der Waals surface area contributed by atoms with Gasteiger partial charge in [0, 0.05) is 45.2 Å². The third-order valence-electron chi connectivity index (χ3n) is 4.15. The molecule has 8 nitrogen and oxygen atoms in total. The molecule has 0 saturated heterocycles. The van der Waals surface area contributed by atoms with Gasteiger partial charge in [-0.25, -0.2) is 4.99 Å². The average Bonchev–Trinajstić information content (AvgIpc) is 3.14. The molecule has 1 amide bonds. The number of nitrogens with zero attached hydrogens (tertiary/aromatic N) is 5. The van der Waals surface area contributed by atoms with Crippen LogP contribution in [0.1, 0.15) is 18.3 Å². The molecule has 2 rings (SSSR count). The van der Waals surface area contributed by atoms with E-state index in [0.717, 1.165) is 30.2 Å². The van der Waals surface area contributed by atoms with Crippen molar-refractivity contribution in [3.63, 3.8) is 0 Å². The van der Waals surface area contributed by atoms with Crippen LogP contribution in [0.15, 0.2) is 35.6 Å². The first-order valence-electron chi connectivity index (χ1n) is 9.33. The van der Waals surface area contributed by atoms with E-state index in [9.17, 15) is 4.79 Å². The van der Waals surface area contributed by atoms with Gasteiger partial charge < -0.3 is 20.1 Å². The summed E-state index contributed by atoms with van der Waals surface area (Å²) >= 11 is 5.92. The molecule has 0 unspecified atom stereocenters. The van der Waals surface area contributed by atoms with Crippen LogP contribution in [0.2, 0.25) is 5.02 Å². The van der Waals surface area contributed by atoms with Gasteiger partial charge in [-0.2, -0.15) is 0 Å². The van der Waals surface area contributed by atoms with E-state index in [0.29, 0.717) is 19.0 Å². The van der Waals surface area contributed by atoms with Crippen molar-refractivity contribution < 1.29 is 4.79 Å². The van der Waals surface area contributed by atoms with Crippen molar-refractivity contribution in [2.45, 2.75) is 26.3 Å². The van der Waals surface area contributed by atoms with Crippen molar-refractivity contribution in [3.05, 3.63) is 47.0 Å². The fraction of sp³-hybridized carbons (Fsp3) is 0.474. The van der Waals surface area contributed by atoms with Crippen molar-refractivity contribution in [2.75, 3.05) is 33.7 Å². The summed E-state index contributed by atoms with van der Waals surface area (Å²) < 4.78 is 2.00. The lowest BCUT2D eigenvalue weighted by Gasteiger charge is -2.14. The topological polar surface area (TPSA) is 87.4 Å². The van der Waals surface area contributed by atoms with E-state index in [-0.39, 0.29) is 12.5 Å². The molecular formula is C19H28ClN7O. The normalized spacial score (nSPS) is 11.4. The lowest BCUT2D eigenvalue weighted by atomic mass is 10.1. The Morgan fingerprint density at radius 2 is 1.93 bits per heavy atom. The molecule has 0 fully saturated rings. The Morgan fingerprint density at radius 3 is 2.61 bits per heavy atom. The lowest BCUT2D eigenvalue weighted by molar-refractivity contribution is -0.127. The van der Waals surface area contributed by atoms with Crippen LogP contribution >= 0.6 is 11.6 Å². The Kier molecular flexibility index (Phi) is 8.74. The number of aliphatic imine (C=N–C) groups is 1. The van der Waals surface area contributed by atoms with Crippen LogP contribution in [0.4, 0.5) is 0 Å². The molecule has 1 heterocycles. The summed E-state index contributed by atoms with van der Waals surface area (Å²) in [5, 5.41) is 15.3. The summed E-state index contributed by atoms with van der Waals surface area (Å²) in [4.78, 5) is 17.8. The van der Waals surface area contributed by atoms with Crippen LogP contribution in [-0.4, -0.2) is 65.3 Å². The number of hydrogen-bond donors (Lipinski definition) is 2. The highest BCUT2D eigenvalue weighted by Gasteiger charge is 2.06. The quantitative estimate of drug-likeness (QED) is 0.486. The zero-order valence-corrected chi connectivity index (χ0v) is 17.4. The number of rotatable bonds is 9. The average molecular weight is 406 g/mol. The summed E-state index contributed by atoms with van der Waals surface area (Å²) in [5.41, 5.74) is 1.18. The summed E-state index contributed by atoms with van der Waals surface area (Å²) in [5.74, 6) is 1.50. The number of amides is 1. The van der Waals surface area contributed by atoms with Gasteiger partial charge in [0.1, 0.15) is 18.7 Å². The lowest BCUT2D eigenvalue weighted by Crippen LogP contribution is -2.40. The smallest absolute Gasteiger partial charge is 0.243 e. The third kappa shape index (κ3) is 7.19. The number of likely N-dealkylation sites (N-methyl/N-ethyl adjacent to an activating group) is 1. The molecule has 0 radical (unpaired) electrons. The maximum absolute atomic E-state index is 11.8. The Balaban J connectivity index is 1.89. The van der Waals surface area contributed by atoms with Crippen molar-refractivity contribution in [2.24, 2.45) is 4.99 Å². The van der Waals surface area contributed by atoms with Gasteiger partial charge in [-0.05, 0) is 24.1 Å². The molecule has 2 aromatic rings. The van der Waals surface area contributed by atoms with Crippen LogP contribution in [0.25, 0.3) is 0 Å². The van der Waals surface area contributed by atoms with Gasteiger partial charge in [0.2, 0.25) is 5.91 Å². The highest BCUT2D eigenvalue weighted by molar-refractivity contribution is 6.30. The van der Waals surface area contributed by atoms with E-state index < -0.39 is 0 Å². The maximum atomic E-state index is 11.8. The van der Waals surface area contributed by atoms with E-state index in [4.69, 9.17) is 11.6 Å². The summed E-state index contributed by atoms with van der Waals surface area (Å²) in [6, 6.07) is 7.76. The van der Waals surface area contributed by atoms with E-state index in [1.165, 1.54) is 10.5 Å². The van der Waals surface area contributed by atoms with Crippen LogP contribution in [-0.2, 0) is 24.2 Å². The van der Waals surface area contributed by atoms with Crippen LogP contribution < -0.4 is 10.6 Å². The Labute approximate surface area is 171 Å². The number of aromatic nitrogens is 3. The number of benzene rings is 1. The first kappa shape index (κ1) is 21.7. The molecule has 2 N–H and O–H groups in total. The van der Waals surface area contributed by atoms with E-state index >= 15 is 0 Å². The second kappa shape index (κ2) is 11.3. The van der Waals surface area contributed by atoms with Gasteiger partial charge in [0.25, 0.3) is 0 Å². The molecule has 1 aromatic heterocycles. The minimum atomic E-state index is -0.0501. The van der Waals surface area contributed by atoms with Crippen molar-refractivity contribution >= 4 is 23.5 Å². The Morgan fingerprint density at radius 1 is 1.21 bits per heavy atom. The first-order valence-corrected chi connectivity index (χ1v) is 9.71. The minimum Gasteiger partial charge on any atom is -0.356 e. The van der Waals surface area contributed by atoms with Gasteiger partial charge in [-0.15, -0.1) is 10.2 Å². The number of aryl methyl sites for hydroxylation is 1. The van der Waals surface area contributed by atoms with Gasteiger partial charge in [0.15, 0.2) is 5.96 Å². The molecule has 0 aliphatic heterocycles. The highest BCUT2D eigenvalue weighted by atomic mass is 35.5. The standard InChI is InChI=1S/C19H28ClN7O/c1-4-17-25-24-14-27(17)12-11-22-19(23-13-18(28)26(2)3)21-10-9-15-5-7-16(20)8-6-15/h5-8,14H,4,9-13H2,1-3H3,(H2,21,22,23). The van der Waals surface area contributed by atoms with Crippen LogP contribution in [0.3, 0.4) is 0 Å². The first-order chi connectivity index (χ1) is 13.5. The predicted molar refractivity (Wildman–Crippen MR) is 112 cm³/mol. The molecule has 28 heavy (non-hydrogen) atoms. The summed E-state index contributed by atoms with van der Waals surface area (Å²) in [7, 11) is 3.44. The molecule has 9 heteroatoms. The fourth-order valence-electron chi connectivity index (χ4n) is 2.47. The SMILES string of the molecule is CCc1nncn1CCNC(=NCC(=O)N(C)C)NCCc1ccc(Cl)cc1. The second-order valence-corrected chi connectivity index (χ2v) is 6.91. The fourth-order valence-corrected chi connectivity index (χ4v) is 2.60. The summed E-state index contributed by atoms with van der Waals surface area (Å²) in [6.07, 6.45) is 3.38. The van der Waals surface area contributed by atoms with Crippen LogP contribution in [0.5, 0.6) is 0 Å². The molecule has 0 saturated carbocycles. The maximum Gasteiger partial charge on any atom is 0.243 e. The zero-order valence-electron chi connectivity index (χ0n) is 16.7. The Bertz CT molecular complexity index is 771. The molecule has 1 aromatic carbocycles. The third-order valence-corrected chi connectivity index (χ3v) is 4.40. The molecule has 152 valence electrons. The highest BCUT2D eigenvalue weighted by Crippen LogP contribution is 2.09. The minimum absolute atomic E-state index is 0.0501. The van der Waals surface area contributed by atoms with Crippen molar-refractivity contribution in [1.29, 1.82) is 0 Å². The Hall–Kier alpha value is -2.61. The molecular weight excluding hydrogens is 378 g/mol. The molecule has 0 atom stereocenters. The van der Waals surface area contributed by atoms with Crippen LogP contribution in [0, 0.1) is 0 Å². The molecule has 0 aliphatic rings. The monoisotopic (exact) mass is 405 g/mol. The second-order valence-electron chi connectivity index (χ2n) is 6.48. The molecule has 0 spiro atoms. The number of carbonyl (C=O) groups is 1. The molecule has 0 aliphatic carbocycles. The predicted octanol–water partition coefficient (Wildman–Crippen LogP) is 1.36. The number of nitrogens with one attached hydrogen (secondary N) is 2. The largest absolute Gasteiger partial charge is 0.356 e. The summed E-state index contributed by atoms with van der Waals surface area (Å²) in [6.45, 7) is 4.20. The van der Waals surface area contributed by atoms with E-state index in [2.05, 4.69) is 25.8 Å².